The molecule has 0 aromatic heterocycles. The molecule has 1 saturated carbocycles. The molecule has 1 aromatic carbocycles. The summed E-state index contributed by atoms with van der Waals surface area (Å²) in [6, 6.07) is 11.0. The van der Waals surface area contributed by atoms with Gasteiger partial charge in [0, 0.05) is 13.1 Å². The Hall–Kier alpha value is -3.12. The van der Waals surface area contributed by atoms with E-state index in [0.29, 0.717) is 18.4 Å². The van der Waals surface area contributed by atoms with Crippen LogP contribution in [0.3, 0.4) is 0 Å². The third-order valence-electron chi connectivity index (χ3n) is 4.95. The minimum Gasteiger partial charge on any atom is -0.449 e. The lowest BCUT2D eigenvalue weighted by Crippen LogP contribution is -2.53. The number of carbonyl (C=O) groups is 2. The summed E-state index contributed by atoms with van der Waals surface area (Å²) in [7, 11) is 1.60. The van der Waals surface area contributed by atoms with E-state index in [0.717, 1.165) is 24.8 Å². The summed E-state index contributed by atoms with van der Waals surface area (Å²) in [5.74, 6) is -1.01. The van der Waals surface area contributed by atoms with Gasteiger partial charge in [0.05, 0.1) is 17.7 Å². The number of nitriles is 2. The first-order valence-corrected chi connectivity index (χ1v) is 8.99. The van der Waals surface area contributed by atoms with Gasteiger partial charge in [-0.25, -0.2) is 4.79 Å². The maximum absolute atomic E-state index is 12.6. The predicted molar refractivity (Wildman–Crippen MR) is 99.9 cm³/mol. The van der Waals surface area contributed by atoms with Gasteiger partial charge in [0.1, 0.15) is 5.54 Å². The molecular formula is C21H23N3O3. The van der Waals surface area contributed by atoms with E-state index >= 15 is 0 Å². The van der Waals surface area contributed by atoms with Crippen molar-refractivity contribution in [2.24, 2.45) is 0 Å². The summed E-state index contributed by atoms with van der Waals surface area (Å²) in [6.07, 6.45) is 6.00. The van der Waals surface area contributed by atoms with Crippen LogP contribution >= 0.6 is 0 Å². The summed E-state index contributed by atoms with van der Waals surface area (Å²) < 4.78 is 5.20. The van der Waals surface area contributed by atoms with Crippen molar-refractivity contribution in [1.29, 1.82) is 10.5 Å². The number of ether oxygens (including phenoxy) is 1. The van der Waals surface area contributed by atoms with Gasteiger partial charge in [0.25, 0.3) is 5.91 Å². The first kappa shape index (κ1) is 20.2. The van der Waals surface area contributed by atoms with Crippen LogP contribution in [0.25, 0.3) is 6.08 Å². The van der Waals surface area contributed by atoms with Gasteiger partial charge >= 0.3 is 5.97 Å². The van der Waals surface area contributed by atoms with E-state index in [1.807, 2.05) is 6.07 Å². The van der Waals surface area contributed by atoms with Gasteiger partial charge < -0.3 is 9.64 Å². The van der Waals surface area contributed by atoms with Crippen molar-refractivity contribution in [1.82, 2.24) is 4.90 Å². The third kappa shape index (κ3) is 4.95. The highest BCUT2D eigenvalue weighted by molar-refractivity contribution is 5.90. The zero-order chi connectivity index (χ0) is 19.9. The second-order valence-corrected chi connectivity index (χ2v) is 6.75. The van der Waals surface area contributed by atoms with E-state index in [-0.39, 0.29) is 5.91 Å². The average molecular weight is 365 g/mol. The van der Waals surface area contributed by atoms with Crippen molar-refractivity contribution in [3.8, 4) is 12.1 Å². The van der Waals surface area contributed by atoms with Crippen molar-refractivity contribution in [3.05, 3.63) is 41.5 Å². The summed E-state index contributed by atoms with van der Waals surface area (Å²) in [5.41, 5.74) is 0.465. The molecule has 1 aliphatic carbocycles. The lowest BCUT2D eigenvalue weighted by atomic mass is 9.81. The zero-order valence-electron chi connectivity index (χ0n) is 15.6. The highest BCUT2D eigenvalue weighted by Gasteiger charge is 2.40. The molecule has 2 rings (SSSR count). The highest BCUT2D eigenvalue weighted by Crippen LogP contribution is 2.32. The van der Waals surface area contributed by atoms with Crippen LogP contribution in [0.4, 0.5) is 0 Å². The van der Waals surface area contributed by atoms with Gasteiger partial charge in [-0.1, -0.05) is 31.4 Å². The molecule has 0 saturated heterocycles. The second kappa shape index (κ2) is 9.00. The number of hydrogen-bond acceptors (Lipinski definition) is 5. The molecule has 0 bridgehead atoms. The van der Waals surface area contributed by atoms with E-state index < -0.39 is 17.6 Å². The molecule has 1 aliphatic rings. The van der Waals surface area contributed by atoms with Crippen LogP contribution in [0.2, 0.25) is 0 Å². The second-order valence-electron chi connectivity index (χ2n) is 6.75. The number of likely N-dealkylation sites (N-methyl/N-ethyl adjacent to an activating group) is 1. The Labute approximate surface area is 159 Å². The number of nitrogens with zero attached hydrogens (tertiary/aromatic N) is 3. The fourth-order valence-corrected chi connectivity index (χ4v) is 3.24. The predicted octanol–water partition coefficient (Wildman–Crippen LogP) is 3.19. The van der Waals surface area contributed by atoms with Crippen LogP contribution in [0.5, 0.6) is 0 Å². The highest BCUT2D eigenvalue weighted by atomic mass is 16.5. The van der Waals surface area contributed by atoms with Crippen molar-refractivity contribution in [2.45, 2.75) is 50.7 Å². The number of esters is 1. The van der Waals surface area contributed by atoms with Crippen molar-refractivity contribution in [3.63, 3.8) is 0 Å². The summed E-state index contributed by atoms with van der Waals surface area (Å²) in [6.45, 7) is 1.51. The van der Waals surface area contributed by atoms with Crippen LogP contribution in [-0.2, 0) is 14.3 Å². The van der Waals surface area contributed by atoms with E-state index in [1.165, 1.54) is 17.9 Å². The van der Waals surface area contributed by atoms with E-state index in [9.17, 15) is 14.9 Å². The van der Waals surface area contributed by atoms with Crippen molar-refractivity contribution < 1.29 is 14.3 Å². The Balaban J connectivity index is 1.96. The SMILES string of the molecule is C[C@@H](OC(=O)/C=C/c1ccc(C#N)cc1)C(=O)N(C)C1(C#N)CCCCC1. The maximum atomic E-state index is 12.6. The molecule has 27 heavy (non-hydrogen) atoms. The van der Waals surface area contributed by atoms with Gasteiger partial charge in [-0.15, -0.1) is 0 Å². The molecule has 0 aliphatic heterocycles. The topological polar surface area (TPSA) is 94.2 Å². The maximum Gasteiger partial charge on any atom is 0.331 e. The van der Waals surface area contributed by atoms with Gasteiger partial charge in [-0.2, -0.15) is 10.5 Å². The molecule has 6 nitrogen and oxygen atoms in total. The standard InChI is InChI=1S/C21H23N3O3/c1-16(20(26)24(2)21(15-23)12-4-3-5-13-21)27-19(25)11-10-17-6-8-18(14-22)9-7-17/h6-11,16H,3-5,12-13H2,1-2H3/b11-10+/t16-/m1/s1. The Kier molecular flexibility index (Phi) is 6.73. The first-order valence-electron chi connectivity index (χ1n) is 8.99. The first-order chi connectivity index (χ1) is 12.9. The van der Waals surface area contributed by atoms with Crippen molar-refractivity contribution in [2.75, 3.05) is 7.05 Å². The third-order valence-corrected chi connectivity index (χ3v) is 4.95. The van der Waals surface area contributed by atoms with E-state index in [4.69, 9.17) is 10.00 Å². The number of carbonyl (C=O) groups excluding carboxylic acids is 2. The lowest BCUT2D eigenvalue weighted by Gasteiger charge is -2.39. The number of hydrogen-bond donors (Lipinski definition) is 0. The monoisotopic (exact) mass is 365 g/mol. The molecule has 0 heterocycles. The van der Waals surface area contributed by atoms with Gasteiger partial charge in [-0.3, -0.25) is 4.79 Å². The van der Waals surface area contributed by atoms with Crippen molar-refractivity contribution >= 4 is 18.0 Å². The minimum absolute atomic E-state index is 0.376. The molecule has 1 atom stereocenters. The quantitative estimate of drug-likeness (QED) is 0.590. The number of amides is 1. The molecule has 0 N–H and O–H groups in total. The Morgan fingerprint density at radius 2 is 1.81 bits per heavy atom. The van der Waals surface area contributed by atoms with Crippen LogP contribution < -0.4 is 0 Å². The number of rotatable bonds is 5. The molecular weight excluding hydrogens is 342 g/mol. The van der Waals surface area contributed by atoms with Crippen LogP contribution in [0.15, 0.2) is 30.3 Å². The smallest absolute Gasteiger partial charge is 0.331 e. The summed E-state index contributed by atoms with van der Waals surface area (Å²) in [5, 5.41) is 18.4. The fraction of sp³-hybridized carbons (Fsp3) is 0.429. The lowest BCUT2D eigenvalue weighted by molar-refractivity contribution is -0.157. The zero-order valence-corrected chi connectivity index (χ0v) is 15.6. The Morgan fingerprint density at radius 3 is 2.37 bits per heavy atom. The van der Waals surface area contributed by atoms with Crippen LogP contribution in [-0.4, -0.2) is 35.5 Å². The fourth-order valence-electron chi connectivity index (χ4n) is 3.24. The normalized spacial score (nSPS) is 16.7. The van der Waals surface area contributed by atoms with Crippen LogP contribution in [0.1, 0.15) is 50.2 Å². The van der Waals surface area contributed by atoms with Gasteiger partial charge in [0.15, 0.2) is 6.10 Å². The molecule has 0 spiro atoms. The molecule has 0 radical (unpaired) electrons. The molecule has 140 valence electrons. The number of benzene rings is 1. The van der Waals surface area contributed by atoms with Gasteiger partial charge in [0.2, 0.25) is 0 Å². The largest absolute Gasteiger partial charge is 0.449 e. The Bertz CT molecular complexity index is 793. The van der Waals surface area contributed by atoms with E-state index in [1.54, 1.807) is 37.4 Å². The summed E-state index contributed by atoms with van der Waals surface area (Å²) >= 11 is 0. The average Bonchev–Trinajstić information content (AvgIpc) is 2.71. The van der Waals surface area contributed by atoms with Gasteiger partial charge in [-0.05, 0) is 43.5 Å². The summed E-state index contributed by atoms with van der Waals surface area (Å²) in [4.78, 5) is 26.1. The van der Waals surface area contributed by atoms with Crippen LogP contribution in [0, 0.1) is 22.7 Å². The molecule has 1 aromatic rings. The molecule has 0 unspecified atom stereocenters. The molecule has 6 heteroatoms. The Morgan fingerprint density at radius 1 is 1.19 bits per heavy atom. The molecule has 1 amide bonds. The molecule has 1 fully saturated rings. The minimum atomic E-state index is -0.972. The van der Waals surface area contributed by atoms with E-state index in [2.05, 4.69) is 6.07 Å².